The van der Waals surface area contributed by atoms with Gasteiger partial charge in [-0.1, -0.05) is 156 Å². The zero-order valence-electron chi connectivity index (χ0n) is 36.5. The van der Waals surface area contributed by atoms with Crippen LogP contribution >= 0.6 is 0 Å². The van der Waals surface area contributed by atoms with Crippen molar-refractivity contribution in [1.29, 1.82) is 0 Å². The largest absolute Gasteiger partial charge is 0.466 e. The van der Waals surface area contributed by atoms with Gasteiger partial charge in [-0.05, 0) is 97.6 Å². The minimum Gasteiger partial charge on any atom is -0.466 e. The van der Waals surface area contributed by atoms with Crippen molar-refractivity contribution in [3.05, 3.63) is 0 Å². The molecular formula is C47H93NO5. The van der Waals surface area contributed by atoms with Crippen molar-refractivity contribution in [1.82, 2.24) is 4.90 Å². The Balaban J connectivity index is 4.27. The summed E-state index contributed by atoms with van der Waals surface area (Å²) in [6.45, 7) is 14.7. The van der Waals surface area contributed by atoms with E-state index in [9.17, 15) is 14.7 Å². The molecule has 0 unspecified atom stereocenters. The predicted octanol–water partition coefficient (Wildman–Crippen LogP) is 13.7. The fourth-order valence-electron chi connectivity index (χ4n) is 7.32. The smallest absolute Gasteiger partial charge is 0.311 e. The Kier molecular flexibility index (Phi) is 38.3. The van der Waals surface area contributed by atoms with Crippen molar-refractivity contribution in [2.45, 2.75) is 253 Å². The van der Waals surface area contributed by atoms with Gasteiger partial charge in [0, 0.05) is 19.6 Å². The molecule has 1 N–H and O–H groups in total. The highest BCUT2D eigenvalue weighted by atomic mass is 16.5. The van der Waals surface area contributed by atoms with E-state index in [1.807, 2.05) is 0 Å². The highest BCUT2D eigenvalue weighted by Crippen LogP contribution is 2.28. The summed E-state index contributed by atoms with van der Waals surface area (Å²) in [5, 5.41) is 9.42. The highest BCUT2D eigenvalue weighted by molar-refractivity contribution is 5.76. The molecule has 0 aromatic heterocycles. The summed E-state index contributed by atoms with van der Waals surface area (Å²) >= 11 is 0. The lowest BCUT2D eigenvalue weighted by atomic mass is 9.86. The van der Waals surface area contributed by atoms with Crippen LogP contribution in [0.4, 0.5) is 0 Å². The van der Waals surface area contributed by atoms with E-state index >= 15 is 0 Å². The molecule has 316 valence electrons. The van der Waals surface area contributed by atoms with Crippen LogP contribution in [-0.4, -0.2) is 60.9 Å². The fourth-order valence-corrected chi connectivity index (χ4v) is 7.32. The molecule has 0 aromatic rings. The molecule has 0 radical (unpaired) electrons. The standard InChI is InChI=1S/C47H93NO5/c1-6-9-12-15-18-19-20-23-29-37-45(50)52-43-33-26-32-40-48(41-34-42-49)39-31-25-24-30-38-47(4,5)46(51)53-44(35-27-21-16-13-10-7-2)36-28-22-17-14-11-8-3/h44,49H,6-43H2,1-5H3. The van der Waals surface area contributed by atoms with Gasteiger partial charge in [-0.2, -0.15) is 0 Å². The van der Waals surface area contributed by atoms with Gasteiger partial charge < -0.3 is 19.5 Å². The van der Waals surface area contributed by atoms with E-state index in [1.165, 1.54) is 122 Å². The van der Waals surface area contributed by atoms with Crippen LogP contribution in [-0.2, 0) is 19.1 Å². The second-order valence-electron chi connectivity index (χ2n) is 17.0. The van der Waals surface area contributed by atoms with Crippen molar-refractivity contribution in [3.8, 4) is 0 Å². The fraction of sp³-hybridized carbons (Fsp3) is 0.957. The monoisotopic (exact) mass is 752 g/mol. The first-order valence-corrected chi connectivity index (χ1v) is 23.5. The summed E-state index contributed by atoms with van der Waals surface area (Å²) in [5.74, 6) is -0.0304. The minimum atomic E-state index is -0.435. The minimum absolute atomic E-state index is 0.00298. The first kappa shape index (κ1) is 51.9. The lowest BCUT2D eigenvalue weighted by Crippen LogP contribution is -2.31. The van der Waals surface area contributed by atoms with Crippen LogP contribution in [0.2, 0.25) is 0 Å². The zero-order chi connectivity index (χ0) is 39.1. The molecular weight excluding hydrogens is 659 g/mol. The van der Waals surface area contributed by atoms with E-state index in [2.05, 4.69) is 39.5 Å². The molecule has 0 aromatic carbocycles. The van der Waals surface area contributed by atoms with E-state index in [0.29, 0.717) is 13.0 Å². The van der Waals surface area contributed by atoms with Gasteiger partial charge in [-0.15, -0.1) is 0 Å². The third-order valence-electron chi connectivity index (χ3n) is 11.1. The van der Waals surface area contributed by atoms with E-state index in [-0.39, 0.29) is 24.6 Å². The summed E-state index contributed by atoms with van der Waals surface area (Å²) in [6.07, 6.45) is 38.6. The second kappa shape index (κ2) is 39.1. The van der Waals surface area contributed by atoms with Crippen molar-refractivity contribution in [2.24, 2.45) is 5.41 Å². The van der Waals surface area contributed by atoms with Gasteiger partial charge in [0.1, 0.15) is 6.10 Å². The third-order valence-corrected chi connectivity index (χ3v) is 11.1. The lowest BCUT2D eigenvalue weighted by Gasteiger charge is -2.27. The van der Waals surface area contributed by atoms with E-state index in [1.54, 1.807) is 0 Å². The molecule has 6 nitrogen and oxygen atoms in total. The van der Waals surface area contributed by atoms with Gasteiger partial charge in [0.05, 0.1) is 12.0 Å². The number of rotatable bonds is 42. The van der Waals surface area contributed by atoms with Gasteiger partial charge in [0.25, 0.3) is 0 Å². The molecule has 0 saturated carbocycles. The molecule has 0 fully saturated rings. The molecule has 0 rings (SSSR count). The average molecular weight is 752 g/mol. The van der Waals surface area contributed by atoms with Crippen LogP contribution in [0.5, 0.6) is 0 Å². The molecule has 0 aliphatic heterocycles. The first-order valence-electron chi connectivity index (χ1n) is 23.5. The van der Waals surface area contributed by atoms with E-state index in [4.69, 9.17) is 9.47 Å². The van der Waals surface area contributed by atoms with Crippen LogP contribution in [0, 0.1) is 5.41 Å². The molecule has 0 heterocycles. The lowest BCUT2D eigenvalue weighted by molar-refractivity contribution is -0.161. The van der Waals surface area contributed by atoms with Crippen molar-refractivity contribution in [3.63, 3.8) is 0 Å². The Morgan fingerprint density at radius 3 is 1.45 bits per heavy atom. The van der Waals surface area contributed by atoms with Crippen LogP contribution in [0.25, 0.3) is 0 Å². The van der Waals surface area contributed by atoms with Crippen LogP contribution < -0.4 is 0 Å². The van der Waals surface area contributed by atoms with Crippen molar-refractivity contribution >= 4 is 11.9 Å². The van der Waals surface area contributed by atoms with Gasteiger partial charge in [-0.3, -0.25) is 9.59 Å². The quantitative estimate of drug-likeness (QED) is 0.0494. The molecule has 0 aliphatic rings. The average Bonchev–Trinajstić information content (AvgIpc) is 3.14. The summed E-state index contributed by atoms with van der Waals surface area (Å²) in [4.78, 5) is 27.9. The number of nitrogens with zero attached hydrogens (tertiary/aromatic N) is 1. The summed E-state index contributed by atoms with van der Waals surface area (Å²) < 4.78 is 11.7. The molecule has 0 atom stereocenters. The van der Waals surface area contributed by atoms with Crippen molar-refractivity contribution < 1.29 is 24.2 Å². The Labute approximate surface area is 331 Å². The zero-order valence-corrected chi connectivity index (χ0v) is 36.5. The summed E-state index contributed by atoms with van der Waals surface area (Å²) in [7, 11) is 0. The molecule has 6 heteroatoms. The molecule has 0 amide bonds. The molecule has 0 aliphatic carbocycles. The maximum absolute atomic E-state index is 13.4. The predicted molar refractivity (Wildman–Crippen MR) is 228 cm³/mol. The number of ether oxygens (including phenoxy) is 2. The second-order valence-corrected chi connectivity index (χ2v) is 17.0. The summed E-state index contributed by atoms with van der Waals surface area (Å²) in [5.41, 5.74) is -0.435. The number of carbonyl (C=O) groups is 2. The normalized spacial score (nSPS) is 11.9. The number of hydrogen-bond donors (Lipinski definition) is 1. The SMILES string of the molecule is CCCCCCCCCCCC(=O)OCCCCCN(CCCO)CCCCCCC(C)(C)C(=O)OC(CCCCCCCC)CCCCCCCC. The third kappa shape index (κ3) is 35.0. The number of unbranched alkanes of at least 4 members (excludes halogenated alkanes) is 23. The van der Waals surface area contributed by atoms with Crippen LogP contribution in [0.1, 0.15) is 247 Å². The Bertz CT molecular complexity index is 771. The van der Waals surface area contributed by atoms with E-state index in [0.717, 1.165) is 103 Å². The van der Waals surface area contributed by atoms with E-state index < -0.39 is 5.41 Å². The van der Waals surface area contributed by atoms with Gasteiger partial charge >= 0.3 is 11.9 Å². The molecule has 0 bridgehead atoms. The first-order chi connectivity index (χ1) is 25.8. The Morgan fingerprint density at radius 2 is 0.943 bits per heavy atom. The van der Waals surface area contributed by atoms with Gasteiger partial charge in [0.2, 0.25) is 0 Å². The number of carbonyl (C=O) groups excluding carboxylic acids is 2. The number of hydrogen-bond acceptors (Lipinski definition) is 6. The topological polar surface area (TPSA) is 76.1 Å². The van der Waals surface area contributed by atoms with Crippen molar-refractivity contribution in [2.75, 3.05) is 32.8 Å². The Morgan fingerprint density at radius 1 is 0.528 bits per heavy atom. The highest BCUT2D eigenvalue weighted by Gasteiger charge is 2.30. The number of aliphatic hydroxyl groups is 1. The molecule has 53 heavy (non-hydrogen) atoms. The molecule has 0 saturated heterocycles. The maximum Gasteiger partial charge on any atom is 0.311 e. The van der Waals surface area contributed by atoms with Crippen LogP contribution in [0.3, 0.4) is 0 Å². The number of aliphatic hydroxyl groups excluding tert-OH is 1. The Hall–Kier alpha value is -1.14. The summed E-state index contributed by atoms with van der Waals surface area (Å²) in [6, 6.07) is 0. The van der Waals surface area contributed by atoms with Crippen LogP contribution in [0.15, 0.2) is 0 Å². The number of esters is 2. The maximum atomic E-state index is 13.4. The van der Waals surface area contributed by atoms with Gasteiger partial charge in [0.15, 0.2) is 0 Å². The molecule has 0 spiro atoms. The van der Waals surface area contributed by atoms with Gasteiger partial charge in [-0.25, -0.2) is 0 Å².